The van der Waals surface area contributed by atoms with Crippen molar-refractivity contribution in [3.8, 4) is 0 Å². The highest BCUT2D eigenvalue weighted by Crippen LogP contribution is 2.49. The SMILES string of the molecule is CCOC(=O)C1(C(=O)OCC)N[C@H](c2ccccc2C)[C@H](C=O)[C@H]1c1ccccc1. The molecule has 3 rings (SSSR count). The summed E-state index contributed by atoms with van der Waals surface area (Å²) in [5, 5.41) is 3.20. The highest BCUT2D eigenvalue weighted by molar-refractivity contribution is 6.07. The Bertz CT molecular complexity index is 893. The second-order valence-corrected chi connectivity index (χ2v) is 7.33. The highest BCUT2D eigenvalue weighted by Gasteiger charge is 2.65. The number of carbonyl (C=O) groups excluding carboxylic acids is 3. The minimum Gasteiger partial charge on any atom is -0.464 e. The van der Waals surface area contributed by atoms with E-state index in [1.54, 1.807) is 13.8 Å². The average molecular weight is 409 g/mol. The number of carbonyl (C=O) groups is 3. The second-order valence-electron chi connectivity index (χ2n) is 7.33. The van der Waals surface area contributed by atoms with Crippen molar-refractivity contribution in [2.75, 3.05) is 13.2 Å². The lowest BCUT2D eigenvalue weighted by Crippen LogP contribution is -2.59. The summed E-state index contributed by atoms with van der Waals surface area (Å²) >= 11 is 0. The number of benzene rings is 2. The van der Waals surface area contributed by atoms with E-state index < -0.39 is 35.4 Å². The first-order valence-electron chi connectivity index (χ1n) is 10.2. The van der Waals surface area contributed by atoms with Crippen LogP contribution < -0.4 is 5.32 Å². The lowest BCUT2D eigenvalue weighted by Gasteiger charge is -2.32. The number of esters is 2. The zero-order valence-corrected chi connectivity index (χ0v) is 17.5. The molecule has 0 radical (unpaired) electrons. The smallest absolute Gasteiger partial charge is 0.338 e. The van der Waals surface area contributed by atoms with Crippen LogP contribution >= 0.6 is 0 Å². The van der Waals surface area contributed by atoms with Gasteiger partial charge >= 0.3 is 11.9 Å². The normalized spacial score (nSPS) is 22.3. The maximum absolute atomic E-state index is 13.3. The molecule has 30 heavy (non-hydrogen) atoms. The molecule has 1 heterocycles. The molecule has 0 aromatic heterocycles. The van der Waals surface area contributed by atoms with Crippen LogP contribution in [-0.2, 0) is 23.9 Å². The van der Waals surface area contributed by atoms with E-state index in [0.29, 0.717) is 5.56 Å². The van der Waals surface area contributed by atoms with Crippen LogP contribution in [-0.4, -0.2) is 37.0 Å². The molecule has 0 aliphatic carbocycles. The monoisotopic (exact) mass is 409 g/mol. The molecule has 0 spiro atoms. The van der Waals surface area contributed by atoms with E-state index >= 15 is 0 Å². The summed E-state index contributed by atoms with van der Waals surface area (Å²) in [5.74, 6) is -2.93. The van der Waals surface area contributed by atoms with Gasteiger partial charge in [0.25, 0.3) is 0 Å². The summed E-state index contributed by atoms with van der Waals surface area (Å²) < 4.78 is 10.7. The van der Waals surface area contributed by atoms with Gasteiger partial charge in [-0.1, -0.05) is 54.6 Å². The van der Waals surface area contributed by atoms with E-state index in [0.717, 1.165) is 17.4 Å². The first-order valence-corrected chi connectivity index (χ1v) is 10.2. The zero-order chi connectivity index (χ0) is 21.7. The fourth-order valence-corrected chi connectivity index (χ4v) is 4.37. The third-order valence-electron chi connectivity index (χ3n) is 5.65. The van der Waals surface area contributed by atoms with Crippen LogP contribution in [0.5, 0.6) is 0 Å². The molecule has 1 fully saturated rings. The van der Waals surface area contributed by atoms with Crippen LogP contribution in [0.15, 0.2) is 54.6 Å². The van der Waals surface area contributed by atoms with Crippen molar-refractivity contribution in [1.82, 2.24) is 5.32 Å². The number of nitrogens with one attached hydrogen (secondary N) is 1. The van der Waals surface area contributed by atoms with E-state index in [9.17, 15) is 14.4 Å². The second kappa shape index (κ2) is 9.22. The van der Waals surface area contributed by atoms with Crippen molar-refractivity contribution in [3.05, 3.63) is 71.3 Å². The molecule has 1 aliphatic rings. The Morgan fingerprint density at radius 3 is 2.07 bits per heavy atom. The van der Waals surface area contributed by atoms with Crippen LogP contribution in [0.25, 0.3) is 0 Å². The predicted molar refractivity (Wildman–Crippen MR) is 112 cm³/mol. The summed E-state index contributed by atoms with van der Waals surface area (Å²) in [6, 6.07) is 16.2. The molecule has 0 unspecified atom stereocenters. The Kier molecular flexibility index (Phi) is 6.67. The topological polar surface area (TPSA) is 81.7 Å². The maximum atomic E-state index is 13.3. The van der Waals surface area contributed by atoms with Crippen LogP contribution in [0.4, 0.5) is 0 Å². The fourth-order valence-electron chi connectivity index (χ4n) is 4.37. The van der Waals surface area contributed by atoms with Crippen LogP contribution in [0.1, 0.15) is 42.5 Å². The fraction of sp³-hybridized carbons (Fsp3) is 0.375. The van der Waals surface area contributed by atoms with Crippen molar-refractivity contribution in [2.24, 2.45) is 5.92 Å². The van der Waals surface area contributed by atoms with Gasteiger partial charge in [0.05, 0.1) is 13.2 Å². The first-order chi connectivity index (χ1) is 14.5. The minimum absolute atomic E-state index is 0.101. The molecule has 0 saturated carbocycles. The van der Waals surface area contributed by atoms with E-state index in [1.165, 1.54) is 0 Å². The lowest BCUT2D eigenvalue weighted by molar-refractivity contribution is -0.166. The molecule has 0 amide bonds. The Morgan fingerprint density at radius 2 is 1.53 bits per heavy atom. The Hall–Kier alpha value is -2.99. The van der Waals surface area contributed by atoms with Gasteiger partial charge in [0.2, 0.25) is 5.54 Å². The third-order valence-corrected chi connectivity index (χ3v) is 5.65. The van der Waals surface area contributed by atoms with Gasteiger partial charge in [0, 0.05) is 17.9 Å². The Morgan fingerprint density at radius 1 is 0.967 bits per heavy atom. The zero-order valence-electron chi connectivity index (χ0n) is 17.5. The first kappa shape index (κ1) is 21.7. The summed E-state index contributed by atoms with van der Waals surface area (Å²) in [6.07, 6.45) is 0.821. The van der Waals surface area contributed by atoms with Gasteiger partial charge in [-0.3, -0.25) is 5.32 Å². The number of ether oxygens (including phenoxy) is 2. The third kappa shape index (κ3) is 3.63. The Balaban J connectivity index is 2.25. The molecule has 1 N–H and O–H groups in total. The molecule has 3 atom stereocenters. The number of aldehydes is 1. The molecule has 6 nitrogen and oxygen atoms in total. The van der Waals surface area contributed by atoms with Gasteiger partial charge in [-0.05, 0) is 37.5 Å². The molecule has 2 aromatic carbocycles. The summed E-state index contributed by atoms with van der Waals surface area (Å²) in [5.41, 5.74) is 0.675. The van der Waals surface area contributed by atoms with Crippen LogP contribution in [0.3, 0.4) is 0 Å². The Labute approximate surface area is 176 Å². The molecule has 158 valence electrons. The van der Waals surface area contributed by atoms with E-state index in [-0.39, 0.29) is 13.2 Å². The van der Waals surface area contributed by atoms with Crippen molar-refractivity contribution in [2.45, 2.75) is 38.3 Å². The van der Waals surface area contributed by atoms with Gasteiger partial charge in [-0.2, -0.15) is 0 Å². The summed E-state index contributed by atoms with van der Waals surface area (Å²) in [7, 11) is 0. The van der Waals surface area contributed by atoms with Gasteiger partial charge < -0.3 is 14.3 Å². The predicted octanol–water partition coefficient (Wildman–Crippen LogP) is 3.10. The number of hydrogen-bond acceptors (Lipinski definition) is 6. The lowest BCUT2D eigenvalue weighted by atomic mass is 9.74. The maximum Gasteiger partial charge on any atom is 0.338 e. The quantitative estimate of drug-likeness (QED) is 0.430. The van der Waals surface area contributed by atoms with Crippen LogP contribution in [0, 0.1) is 12.8 Å². The number of rotatable bonds is 7. The summed E-state index contributed by atoms with van der Waals surface area (Å²) in [4.78, 5) is 39.0. The van der Waals surface area contributed by atoms with Crippen molar-refractivity contribution in [1.29, 1.82) is 0 Å². The standard InChI is InChI=1S/C24H27NO5/c1-4-29-22(27)24(23(28)30-5-2)20(17-12-7-6-8-13-17)19(15-26)21(25-24)18-14-10-9-11-16(18)3/h6-15,19-21,25H,4-5H2,1-3H3/t19-,20-,21-/m1/s1. The van der Waals surface area contributed by atoms with Gasteiger partial charge in [-0.15, -0.1) is 0 Å². The molecule has 1 aliphatic heterocycles. The minimum atomic E-state index is -1.83. The molecular formula is C24H27NO5. The van der Waals surface area contributed by atoms with Gasteiger partial charge in [0.1, 0.15) is 6.29 Å². The van der Waals surface area contributed by atoms with Crippen molar-refractivity contribution in [3.63, 3.8) is 0 Å². The van der Waals surface area contributed by atoms with Crippen molar-refractivity contribution < 1.29 is 23.9 Å². The number of hydrogen-bond donors (Lipinski definition) is 1. The van der Waals surface area contributed by atoms with E-state index in [2.05, 4.69) is 5.32 Å². The van der Waals surface area contributed by atoms with E-state index in [4.69, 9.17) is 9.47 Å². The van der Waals surface area contributed by atoms with Crippen LogP contribution in [0.2, 0.25) is 0 Å². The summed E-state index contributed by atoms with van der Waals surface area (Å²) in [6.45, 7) is 5.50. The molecular weight excluding hydrogens is 382 g/mol. The van der Waals surface area contributed by atoms with Crippen molar-refractivity contribution >= 4 is 18.2 Å². The average Bonchev–Trinajstić information content (AvgIpc) is 3.11. The molecule has 2 aromatic rings. The van der Waals surface area contributed by atoms with E-state index in [1.807, 2.05) is 61.5 Å². The number of aryl methyl sites for hydroxylation is 1. The molecule has 1 saturated heterocycles. The van der Waals surface area contributed by atoms with Gasteiger partial charge in [-0.25, -0.2) is 9.59 Å². The largest absolute Gasteiger partial charge is 0.464 e. The van der Waals surface area contributed by atoms with Gasteiger partial charge in [0.15, 0.2) is 0 Å². The molecule has 6 heteroatoms. The molecule has 0 bridgehead atoms. The highest BCUT2D eigenvalue weighted by atomic mass is 16.6.